The molecule has 4 rings (SSSR count). The number of hydrogen-bond acceptors (Lipinski definition) is 6. The number of furan rings is 1. The lowest BCUT2D eigenvalue weighted by atomic mass is 10.1. The van der Waals surface area contributed by atoms with Gasteiger partial charge in [-0.2, -0.15) is 0 Å². The average molecular weight is 555 g/mol. The summed E-state index contributed by atoms with van der Waals surface area (Å²) in [6, 6.07) is 25.9. The molecule has 0 aliphatic heterocycles. The molecule has 2 amide bonds. The maximum atomic E-state index is 13.1. The largest absolute Gasteiger partial charge is 0.456 e. The number of rotatable bonds is 13. The Labute approximate surface area is 241 Å². The summed E-state index contributed by atoms with van der Waals surface area (Å²) in [5, 5.41) is 19.7. The molecule has 0 radical (unpaired) electrons. The predicted octanol–water partition coefficient (Wildman–Crippen LogP) is 5.94. The molecule has 41 heavy (non-hydrogen) atoms. The highest BCUT2D eigenvalue weighted by molar-refractivity contribution is 6.05. The molecule has 1 atom stereocenters. The van der Waals surface area contributed by atoms with E-state index in [9.17, 15) is 14.7 Å². The lowest BCUT2D eigenvalue weighted by Gasteiger charge is -2.27. The smallest absolute Gasteiger partial charge is 0.291 e. The first-order valence-electron chi connectivity index (χ1n) is 13.9. The number of aliphatic hydroxyl groups is 1. The number of para-hydroxylation sites is 1. The first kappa shape index (κ1) is 29.4. The molecule has 8 nitrogen and oxygen atoms in total. The van der Waals surface area contributed by atoms with E-state index in [1.807, 2.05) is 48.5 Å². The van der Waals surface area contributed by atoms with Gasteiger partial charge in [-0.1, -0.05) is 55.5 Å². The van der Waals surface area contributed by atoms with Crippen LogP contribution in [0.4, 0.5) is 17.1 Å². The third-order valence-corrected chi connectivity index (χ3v) is 6.79. The van der Waals surface area contributed by atoms with Gasteiger partial charge in [0.05, 0.1) is 17.5 Å². The van der Waals surface area contributed by atoms with Crippen LogP contribution in [0.25, 0.3) is 0 Å². The third kappa shape index (κ3) is 7.99. The Morgan fingerprint density at radius 2 is 1.63 bits per heavy atom. The zero-order valence-corrected chi connectivity index (χ0v) is 23.8. The molecule has 1 unspecified atom stereocenters. The van der Waals surface area contributed by atoms with E-state index in [0.717, 1.165) is 29.9 Å². The Hall–Kier alpha value is -4.56. The Morgan fingerprint density at radius 3 is 2.34 bits per heavy atom. The van der Waals surface area contributed by atoms with Crippen LogP contribution in [0.15, 0.2) is 89.3 Å². The topological polar surface area (TPSA) is 107 Å². The van der Waals surface area contributed by atoms with Crippen molar-refractivity contribution in [3.8, 4) is 0 Å². The summed E-state index contributed by atoms with van der Waals surface area (Å²) in [7, 11) is 0. The van der Waals surface area contributed by atoms with Crippen LogP contribution in [-0.2, 0) is 0 Å². The molecule has 214 valence electrons. The van der Waals surface area contributed by atoms with Crippen molar-refractivity contribution in [3.63, 3.8) is 0 Å². The van der Waals surface area contributed by atoms with Crippen LogP contribution < -0.4 is 20.9 Å². The average Bonchev–Trinajstić information content (AvgIpc) is 3.43. The molecule has 0 aliphatic carbocycles. The van der Waals surface area contributed by atoms with Gasteiger partial charge >= 0.3 is 0 Å². The number of aliphatic hydroxyl groups excluding tert-OH is 1. The first-order valence-corrected chi connectivity index (χ1v) is 13.9. The Kier molecular flexibility index (Phi) is 10.2. The number of nitrogens with one attached hydrogen (secondary N) is 3. The summed E-state index contributed by atoms with van der Waals surface area (Å²) in [5.74, 6) is 0.0814. The number of anilines is 3. The van der Waals surface area contributed by atoms with Crippen molar-refractivity contribution in [2.24, 2.45) is 0 Å². The molecule has 0 spiro atoms. The summed E-state index contributed by atoms with van der Waals surface area (Å²) in [5.41, 5.74) is 4.65. The van der Waals surface area contributed by atoms with E-state index >= 15 is 0 Å². The molecule has 3 aromatic carbocycles. The van der Waals surface area contributed by atoms with Gasteiger partial charge in [-0.25, -0.2) is 0 Å². The summed E-state index contributed by atoms with van der Waals surface area (Å²) < 4.78 is 5.53. The maximum absolute atomic E-state index is 13.1. The number of carbonyl (C=O) groups excluding carboxylic acids is 2. The fraction of sp³-hybridized carbons (Fsp3) is 0.273. The van der Waals surface area contributed by atoms with Gasteiger partial charge in [0.2, 0.25) is 0 Å². The zero-order chi connectivity index (χ0) is 29.2. The number of aryl methyl sites for hydroxylation is 2. The monoisotopic (exact) mass is 554 g/mol. The van der Waals surface area contributed by atoms with Crippen molar-refractivity contribution in [1.29, 1.82) is 0 Å². The van der Waals surface area contributed by atoms with E-state index in [1.54, 1.807) is 31.2 Å². The minimum atomic E-state index is -0.832. The molecule has 0 bridgehead atoms. The van der Waals surface area contributed by atoms with Crippen molar-refractivity contribution < 1.29 is 19.1 Å². The van der Waals surface area contributed by atoms with Crippen LogP contribution in [0, 0.1) is 13.8 Å². The van der Waals surface area contributed by atoms with Crippen molar-refractivity contribution in [1.82, 2.24) is 5.32 Å². The van der Waals surface area contributed by atoms with E-state index in [4.69, 9.17) is 4.42 Å². The SMILES string of the molecule is CCCN(CCNc1ccccc1C)c1ccc(C(=O)NCC(O)c2ccccc2)cc1NC(=O)c1ccc(C)o1. The molecule has 0 fully saturated rings. The van der Waals surface area contributed by atoms with Gasteiger partial charge in [0.1, 0.15) is 5.76 Å². The molecular weight excluding hydrogens is 516 g/mol. The summed E-state index contributed by atoms with van der Waals surface area (Å²) in [6.45, 7) is 8.14. The molecule has 1 heterocycles. The van der Waals surface area contributed by atoms with Crippen molar-refractivity contribution in [3.05, 3.63) is 113 Å². The van der Waals surface area contributed by atoms with Gasteiger partial charge in [0.15, 0.2) is 5.76 Å². The maximum Gasteiger partial charge on any atom is 0.291 e. The quantitative estimate of drug-likeness (QED) is 0.163. The number of hydrogen-bond donors (Lipinski definition) is 4. The second kappa shape index (κ2) is 14.2. The lowest BCUT2D eigenvalue weighted by Crippen LogP contribution is -2.31. The van der Waals surface area contributed by atoms with Crippen molar-refractivity contribution in [2.45, 2.75) is 33.3 Å². The van der Waals surface area contributed by atoms with Gasteiger partial charge in [-0.05, 0) is 67.8 Å². The number of carbonyl (C=O) groups is 2. The van der Waals surface area contributed by atoms with Crippen molar-refractivity contribution >= 4 is 28.9 Å². The van der Waals surface area contributed by atoms with Crippen molar-refractivity contribution in [2.75, 3.05) is 41.7 Å². The molecule has 4 aromatic rings. The van der Waals surface area contributed by atoms with Gasteiger partial charge < -0.3 is 30.4 Å². The predicted molar refractivity (Wildman–Crippen MR) is 164 cm³/mol. The first-order chi connectivity index (χ1) is 19.9. The third-order valence-electron chi connectivity index (χ3n) is 6.79. The van der Waals surface area contributed by atoms with E-state index in [-0.39, 0.29) is 18.2 Å². The molecule has 1 aromatic heterocycles. The number of nitrogens with zero attached hydrogens (tertiary/aromatic N) is 1. The lowest BCUT2D eigenvalue weighted by molar-refractivity contribution is 0.0915. The van der Waals surface area contributed by atoms with Crippen LogP contribution in [-0.4, -0.2) is 43.1 Å². The van der Waals surface area contributed by atoms with E-state index < -0.39 is 12.0 Å². The number of amides is 2. The second-order valence-corrected chi connectivity index (χ2v) is 9.96. The van der Waals surface area contributed by atoms with Gasteiger partial charge in [0, 0.05) is 37.4 Å². The second-order valence-electron chi connectivity index (χ2n) is 9.96. The fourth-order valence-electron chi connectivity index (χ4n) is 4.60. The molecule has 0 saturated heterocycles. The van der Waals surface area contributed by atoms with Gasteiger partial charge in [0.25, 0.3) is 11.8 Å². The summed E-state index contributed by atoms with van der Waals surface area (Å²) in [6.07, 6.45) is 0.0657. The Balaban J connectivity index is 1.54. The molecule has 4 N–H and O–H groups in total. The Bertz CT molecular complexity index is 1450. The van der Waals surface area contributed by atoms with E-state index in [0.29, 0.717) is 30.1 Å². The standard InChI is InChI=1S/C33H38N4O4/c1-4-19-37(20-18-34-27-13-9-8-10-23(27)2)29-16-15-26(21-28(29)36-33(40)31-17-14-24(3)41-31)32(39)35-22-30(38)25-11-6-5-7-12-25/h5-17,21,30,34,38H,4,18-20,22H2,1-3H3,(H,35,39)(H,36,40). The van der Waals surface area contributed by atoms with Crippen LogP contribution in [0.1, 0.15) is 57.2 Å². The highest BCUT2D eigenvalue weighted by atomic mass is 16.3. The zero-order valence-electron chi connectivity index (χ0n) is 23.8. The van der Waals surface area contributed by atoms with Crippen LogP contribution in [0.2, 0.25) is 0 Å². The summed E-state index contributed by atoms with van der Waals surface area (Å²) >= 11 is 0. The number of benzene rings is 3. The van der Waals surface area contributed by atoms with Gasteiger partial charge in [-0.15, -0.1) is 0 Å². The molecular formula is C33H38N4O4. The van der Waals surface area contributed by atoms with Crippen LogP contribution in [0.3, 0.4) is 0 Å². The van der Waals surface area contributed by atoms with E-state index in [1.165, 1.54) is 5.56 Å². The highest BCUT2D eigenvalue weighted by Crippen LogP contribution is 2.29. The van der Waals surface area contributed by atoms with Gasteiger partial charge in [-0.3, -0.25) is 9.59 Å². The summed E-state index contributed by atoms with van der Waals surface area (Å²) in [4.78, 5) is 28.4. The van der Waals surface area contributed by atoms with Crippen LogP contribution in [0.5, 0.6) is 0 Å². The fourth-order valence-corrected chi connectivity index (χ4v) is 4.60. The Morgan fingerprint density at radius 1 is 0.878 bits per heavy atom. The molecule has 0 aliphatic rings. The van der Waals surface area contributed by atoms with Crippen LogP contribution >= 0.6 is 0 Å². The molecule has 8 heteroatoms. The minimum Gasteiger partial charge on any atom is -0.456 e. The highest BCUT2D eigenvalue weighted by Gasteiger charge is 2.19. The van der Waals surface area contributed by atoms with E-state index in [2.05, 4.69) is 46.8 Å². The minimum absolute atomic E-state index is 0.0600. The molecule has 0 saturated carbocycles. The normalized spacial score (nSPS) is 11.5.